The first kappa shape index (κ1) is 9.69. The fourth-order valence-electron chi connectivity index (χ4n) is 0.877. The number of benzene rings is 1. The van der Waals surface area contributed by atoms with E-state index in [0.717, 1.165) is 10.6 Å². The van der Waals surface area contributed by atoms with Crippen molar-refractivity contribution in [2.45, 2.75) is 4.90 Å². The van der Waals surface area contributed by atoms with Crippen molar-refractivity contribution >= 4 is 17.4 Å². The lowest BCUT2D eigenvalue weighted by Gasteiger charge is -2.00. The van der Waals surface area contributed by atoms with Crippen molar-refractivity contribution in [3.8, 4) is 6.07 Å². The molecule has 0 unspecified atom stereocenters. The van der Waals surface area contributed by atoms with E-state index in [0.29, 0.717) is 11.3 Å². The zero-order chi connectivity index (χ0) is 9.68. The molecule has 0 aromatic heterocycles. The fraction of sp³-hybridized carbons (Fsp3) is 0.100. The van der Waals surface area contributed by atoms with Crippen molar-refractivity contribution in [2.24, 2.45) is 0 Å². The Morgan fingerprint density at radius 3 is 3.00 bits per heavy atom. The SMILES string of the molecule is C=CCSc1ccc(N)c(C#N)c1. The lowest BCUT2D eigenvalue weighted by Crippen LogP contribution is -1.89. The molecule has 66 valence electrons. The van der Waals surface area contributed by atoms with Gasteiger partial charge in [-0.25, -0.2) is 0 Å². The van der Waals surface area contributed by atoms with Crippen LogP contribution in [0, 0.1) is 11.3 Å². The monoisotopic (exact) mass is 190 g/mol. The smallest absolute Gasteiger partial charge is 0.101 e. The molecule has 0 heterocycles. The predicted octanol–water partition coefficient (Wildman–Crippen LogP) is 2.42. The van der Waals surface area contributed by atoms with Crippen LogP contribution in [0.2, 0.25) is 0 Å². The highest BCUT2D eigenvalue weighted by atomic mass is 32.2. The van der Waals surface area contributed by atoms with Gasteiger partial charge in [-0.2, -0.15) is 5.26 Å². The van der Waals surface area contributed by atoms with E-state index in [1.807, 2.05) is 18.2 Å². The Morgan fingerprint density at radius 2 is 2.38 bits per heavy atom. The Balaban J connectivity index is 2.87. The maximum absolute atomic E-state index is 8.71. The fourth-order valence-corrected chi connectivity index (χ4v) is 1.55. The summed E-state index contributed by atoms with van der Waals surface area (Å²) in [7, 11) is 0. The van der Waals surface area contributed by atoms with Gasteiger partial charge in [0.05, 0.1) is 5.56 Å². The lowest BCUT2D eigenvalue weighted by atomic mass is 10.2. The molecular formula is C10H10N2S. The maximum atomic E-state index is 8.71. The molecule has 0 amide bonds. The molecule has 2 N–H and O–H groups in total. The van der Waals surface area contributed by atoms with Gasteiger partial charge >= 0.3 is 0 Å². The predicted molar refractivity (Wildman–Crippen MR) is 56.5 cm³/mol. The number of nitriles is 1. The van der Waals surface area contributed by atoms with Crippen LogP contribution in [-0.4, -0.2) is 5.75 Å². The molecule has 1 rings (SSSR count). The number of hydrogen-bond acceptors (Lipinski definition) is 3. The number of thioether (sulfide) groups is 1. The van der Waals surface area contributed by atoms with E-state index in [1.54, 1.807) is 23.9 Å². The normalized spacial score (nSPS) is 9.15. The summed E-state index contributed by atoms with van der Waals surface area (Å²) in [6.07, 6.45) is 1.83. The number of nitrogens with zero attached hydrogens (tertiary/aromatic N) is 1. The Labute approximate surface area is 82.1 Å². The second-order valence-electron chi connectivity index (χ2n) is 2.46. The summed E-state index contributed by atoms with van der Waals surface area (Å²) >= 11 is 1.63. The van der Waals surface area contributed by atoms with E-state index in [-0.39, 0.29) is 0 Å². The number of nitrogens with two attached hydrogens (primary N) is 1. The summed E-state index contributed by atoms with van der Waals surface area (Å²) in [5, 5.41) is 8.71. The van der Waals surface area contributed by atoms with Crippen LogP contribution in [0.4, 0.5) is 5.69 Å². The molecule has 1 aromatic rings. The lowest BCUT2D eigenvalue weighted by molar-refractivity contribution is 1.40. The third-order valence-corrected chi connectivity index (χ3v) is 2.50. The van der Waals surface area contributed by atoms with E-state index in [2.05, 4.69) is 6.58 Å². The average Bonchev–Trinajstić information content (AvgIpc) is 2.16. The molecule has 0 spiro atoms. The van der Waals surface area contributed by atoms with Gasteiger partial charge < -0.3 is 5.73 Å². The summed E-state index contributed by atoms with van der Waals surface area (Å²) in [6, 6.07) is 7.50. The Morgan fingerprint density at radius 1 is 1.62 bits per heavy atom. The topological polar surface area (TPSA) is 49.8 Å². The second kappa shape index (κ2) is 4.58. The number of rotatable bonds is 3. The van der Waals surface area contributed by atoms with Crippen molar-refractivity contribution in [3.63, 3.8) is 0 Å². The third-order valence-electron chi connectivity index (χ3n) is 1.51. The highest BCUT2D eigenvalue weighted by Gasteiger charge is 1.99. The molecular weight excluding hydrogens is 180 g/mol. The molecule has 1 aromatic carbocycles. The van der Waals surface area contributed by atoms with Gasteiger partial charge in [0.25, 0.3) is 0 Å². The summed E-state index contributed by atoms with van der Waals surface area (Å²) in [4.78, 5) is 1.05. The van der Waals surface area contributed by atoms with Crippen LogP contribution in [0.15, 0.2) is 35.7 Å². The van der Waals surface area contributed by atoms with E-state index in [4.69, 9.17) is 11.0 Å². The molecule has 0 aliphatic rings. The van der Waals surface area contributed by atoms with Crippen LogP contribution in [0.3, 0.4) is 0 Å². The van der Waals surface area contributed by atoms with E-state index >= 15 is 0 Å². The first-order chi connectivity index (χ1) is 6.27. The van der Waals surface area contributed by atoms with Crippen LogP contribution in [0.5, 0.6) is 0 Å². The van der Waals surface area contributed by atoms with Crippen molar-refractivity contribution in [2.75, 3.05) is 11.5 Å². The third kappa shape index (κ3) is 2.53. The van der Waals surface area contributed by atoms with Crippen LogP contribution in [0.25, 0.3) is 0 Å². The van der Waals surface area contributed by atoms with E-state index in [9.17, 15) is 0 Å². The van der Waals surface area contributed by atoms with Crippen molar-refractivity contribution < 1.29 is 0 Å². The number of anilines is 1. The highest BCUT2D eigenvalue weighted by Crippen LogP contribution is 2.22. The molecule has 0 atom stereocenters. The molecule has 3 heteroatoms. The first-order valence-electron chi connectivity index (χ1n) is 3.81. The molecule has 0 bridgehead atoms. The molecule has 0 fully saturated rings. The van der Waals surface area contributed by atoms with Gasteiger partial charge in [-0.1, -0.05) is 6.08 Å². The zero-order valence-corrected chi connectivity index (χ0v) is 7.97. The van der Waals surface area contributed by atoms with Crippen molar-refractivity contribution in [1.82, 2.24) is 0 Å². The first-order valence-corrected chi connectivity index (χ1v) is 4.80. The minimum Gasteiger partial charge on any atom is -0.398 e. The molecule has 0 radical (unpaired) electrons. The standard InChI is InChI=1S/C10H10N2S/c1-2-5-13-9-3-4-10(12)8(6-9)7-11/h2-4,6H,1,5,12H2. The van der Waals surface area contributed by atoms with Crippen LogP contribution >= 0.6 is 11.8 Å². The van der Waals surface area contributed by atoms with Gasteiger partial charge in [-0.15, -0.1) is 18.3 Å². The highest BCUT2D eigenvalue weighted by molar-refractivity contribution is 7.99. The average molecular weight is 190 g/mol. The maximum Gasteiger partial charge on any atom is 0.101 e. The summed E-state index contributed by atoms with van der Waals surface area (Å²) < 4.78 is 0. The van der Waals surface area contributed by atoms with Gasteiger partial charge in [-0.3, -0.25) is 0 Å². The second-order valence-corrected chi connectivity index (χ2v) is 3.55. The van der Waals surface area contributed by atoms with Crippen LogP contribution in [0.1, 0.15) is 5.56 Å². The largest absolute Gasteiger partial charge is 0.398 e. The van der Waals surface area contributed by atoms with Gasteiger partial charge in [0, 0.05) is 16.3 Å². The quantitative estimate of drug-likeness (QED) is 0.452. The Bertz CT molecular complexity index is 352. The van der Waals surface area contributed by atoms with Gasteiger partial charge in [0.1, 0.15) is 6.07 Å². The minimum absolute atomic E-state index is 0.533. The minimum atomic E-state index is 0.533. The van der Waals surface area contributed by atoms with E-state index < -0.39 is 0 Å². The molecule has 0 saturated carbocycles. The van der Waals surface area contributed by atoms with Gasteiger partial charge in [0.15, 0.2) is 0 Å². The van der Waals surface area contributed by atoms with Gasteiger partial charge in [0.2, 0.25) is 0 Å². The van der Waals surface area contributed by atoms with Crippen LogP contribution < -0.4 is 5.73 Å². The number of hydrogen-bond donors (Lipinski definition) is 1. The molecule has 0 aliphatic heterocycles. The Kier molecular flexibility index (Phi) is 3.41. The van der Waals surface area contributed by atoms with Gasteiger partial charge in [-0.05, 0) is 18.2 Å². The van der Waals surface area contributed by atoms with Crippen molar-refractivity contribution in [3.05, 3.63) is 36.4 Å². The summed E-state index contributed by atoms with van der Waals surface area (Å²) in [5.41, 5.74) is 6.65. The molecule has 0 aliphatic carbocycles. The van der Waals surface area contributed by atoms with E-state index in [1.165, 1.54) is 0 Å². The Hall–Kier alpha value is -1.40. The summed E-state index contributed by atoms with van der Waals surface area (Å²) in [5.74, 6) is 0.842. The van der Waals surface area contributed by atoms with Crippen molar-refractivity contribution in [1.29, 1.82) is 5.26 Å². The molecule has 2 nitrogen and oxygen atoms in total. The molecule has 13 heavy (non-hydrogen) atoms. The number of nitrogen functional groups attached to an aromatic ring is 1. The molecule has 0 saturated heterocycles. The van der Waals surface area contributed by atoms with Crippen LogP contribution in [-0.2, 0) is 0 Å². The summed E-state index contributed by atoms with van der Waals surface area (Å²) in [6.45, 7) is 3.63. The zero-order valence-electron chi connectivity index (χ0n) is 7.16.